The van der Waals surface area contributed by atoms with Crippen molar-refractivity contribution in [3.63, 3.8) is 0 Å². The third kappa shape index (κ3) is 4.44. The molecule has 138 valence electrons. The lowest BCUT2D eigenvalue weighted by Gasteiger charge is -2.44. The molecule has 4 heterocycles. The van der Waals surface area contributed by atoms with Crippen LogP contribution in [0.1, 0.15) is 31.0 Å². The number of anilines is 1. The Kier molecular flexibility index (Phi) is 5.03. The molecule has 3 aliphatic rings. The van der Waals surface area contributed by atoms with E-state index in [4.69, 9.17) is 4.74 Å². The highest BCUT2D eigenvalue weighted by molar-refractivity contribution is 5.88. The van der Waals surface area contributed by atoms with Crippen molar-refractivity contribution in [1.29, 1.82) is 0 Å². The number of nitrogens with zero attached hydrogens (tertiary/aromatic N) is 3. The highest BCUT2D eigenvalue weighted by Crippen LogP contribution is 2.29. The number of fused-ring (bicyclic) bond motifs is 3. The van der Waals surface area contributed by atoms with E-state index in [1.54, 1.807) is 0 Å². The Balaban J connectivity index is 1.37. The van der Waals surface area contributed by atoms with E-state index in [9.17, 15) is 4.79 Å². The molecule has 1 aromatic heterocycles. The predicted octanol–water partition coefficient (Wildman–Crippen LogP) is 2.31. The van der Waals surface area contributed by atoms with Gasteiger partial charge in [-0.05, 0) is 68.1 Å². The maximum Gasteiger partial charge on any atom is 0.233 e. The van der Waals surface area contributed by atoms with E-state index < -0.39 is 0 Å². The van der Waals surface area contributed by atoms with Crippen molar-refractivity contribution < 1.29 is 9.53 Å². The molecule has 27 heavy (non-hydrogen) atoms. The number of aromatic nitrogens is 2. The second-order valence-corrected chi connectivity index (χ2v) is 7.06. The van der Waals surface area contributed by atoms with E-state index in [2.05, 4.69) is 32.3 Å². The van der Waals surface area contributed by atoms with Crippen LogP contribution in [-0.4, -0.2) is 46.7 Å². The summed E-state index contributed by atoms with van der Waals surface area (Å²) in [6.07, 6.45) is 2.64. The molecule has 3 aliphatic heterocycles. The first-order valence-electron chi connectivity index (χ1n) is 9.28. The molecule has 2 bridgehead atoms. The topological polar surface area (TPSA) is 67.3 Å². The lowest BCUT2D eigenvalue weighted by atomic mass is 9.86. The minimum Gasteiger partial charge on any atom is -0.472 e. The third-order valence-corrected chi connectivity index (χ3v) is 5.05. The van der Waals surface area contributed by atoms with Gasteiger partial charge in [-0.2, -0.15) is 0 Å². The number of piperidine rings is 3. The Morgan fingerprint density at radius 1 is 1.11 bits per heavy atom. The molecule has 6 nitrogen and oxygen atoms in total. The molecule has 5 rings (SSSR count). The second-order valence-electron chi connectivity index (χ2n) is 7.06. The Hall–Kier alpha value is -2.91. The van der Waals surface area contributed by atoms with Gasteiger partial charge in [-0.15, -0.1) is 10.2 Å². The monoisotopic (exact) mass is 362 g/mol. The van der Waals surface area contributed by atoms with Crippen molar-refractivity contribution in [2.24, 2.45) is 5.92 Å². The summed E-state index contributed by atoms with van der Waals surface area (Å²) in [5.74, 6) is 7.17. The van der Waals surface area contributed by atoms with Crippen molar-refractivity contribution in [2.75, 3.05) is 25.0 Å². The van der Waals surface area contributed by atoms with Gasteiger partial charge in [0.15, 0.2) is 0 Å². The van der Waals surface area contributed by atoms with E-state index in [0.29, 0.717) is 17.5 Å². The molecule has 0 radical (unpaired) electrons. The zero-order chi connectivity index (χ0) is 18.6. The molecule has 0 spiro atoms. The number of carbonyl (C=O) groups excluding carboxylic acids is 1. The summed E-state index contributed by atoms with van der Waals surface area (Å²) in [5, 5.41) is 11.1. The molecule has 2 aromatic rings. The average Bonchev–Trinajstić information content (AvgIpc) is 2.69. The van der Waals surface area contributed by atoms with E-state index in [-0.39, 0.29) is 12.0 Å². The lowest BCUT2D eigenvalue weighted by Crippen LogP contribution is -2.52. The molecular formula is C21H22N4O2. The highest BCUT2D eigenvalue weighted by atomic mass is 16.5. The van der Waals surface area contributed by atoms with E-state index >= 15 is 0 Å². The van der Waals surface area contributed by atoms with Crippen LogP contribution in [0.25, 0.3) is 0 Å². The van der Waals surface area contributed by atoms with Crippen LogP contribution in [-0.2, 0) is 4.79 Å². The summed E-state index contributed by atoms with van der Waals surface area (Å²) in [5.41, 5.74) is 2.20. The van der Waals surface area contributed by atoms with Gasteiger partial charge in [0.1, 0.15) is 11.8 Å². The molecular weight excluding hydrogens is 340 g/mol. The normalized spacial score (nSPS) is 23.2. The van der Waals surface area contributed by atoms with E-state index in [1.165, 1.54) is 32.9 Å². The average molecular weight is 362 g/mol. The third-order valence-electron chi connectivity index (χ3n) is 5.05. The van der Waals surface area contributed by atoms with Crippen LogP contribution >= 0.6 is 0 Å². The second kappa shape index (κ2) is 7.77. The van der Waals surface area contributed by atoms with Crippen molar-refractivity contribution in [2.45, 2.75) is 25.9 Å². The summed E-state index contributed by atoms with van der Waals surface area (Å²) in [6.45, 7) is 4.85. The van der Waals surface area contributed by atoms with Crippen LogP contribution in [0, 0.1) is 17.8 Å². The zero-order valence-corrected chi connectivity index (χ0v) is 15.3. The van der Waals surface area contributed by atoms with Crippen LogP contribution in [0.5, 0.6) is 5.88 Å². The molecule has 1 amide bonds. The Morgan fingerprint density at radius 3 is 2.48 bits per heavy atom. The van der Waals surface area contributed by atoms with Gasteiger partial charge in [0, 0.05) is 30.8 Å². The first-order chi connectivity index (χ1) is 13.2. The molecule has 3 saturated heterocycles. The van der Waals surface area contributed by atoms with Gasteiger partial charge in [0.05, 0.1) is 0 Å². The fourth-order valence-corrected chi connectivity index (χ4v) is 3.63. The molecule has 0 aliphatic carbocycles. The predicted molar refractivity (Wildman–Crippen MR) is 102 cm³/mol. The minimum atomic E-state index is -0.0929. The number of nitrogens with one attached hydrogen (secondary N) is 1. The number of benzene rings is 1. The van der Waals surface area contributed by atoms with E-state index in [0.717, 1.165) is 17.8 Å². The van der Waals surface area contributed by atoms with E-state index in [1.807, 2.05) is 36.4 Å². The number of ether oxygens (including phenoxy) is 1. The molecule has 1 atom stereocenters. The zero-order valence-electron chi connectivity index (χ0n) is 15.3. The fourth-order valence-electron chi connectivity index (χ4n) is 3.63. The van der Waals surface area contributed by atoms with Crippen LogP contribution < -0.4 is 10.1 Å². The Labute approximate surface area is 158 Å². The summed E-state index contributed by atoms with van der Waals surface area (Å²) in [7, 11) is 0. The maximum atomic E-state index is 11.0. The molecule has 6 heteroatoms. The largest absolute Gasteiger partial charge is 0.472 e. The summed E-state index contributed by atoms with van der Waals surface area (Å²) in [4.78, 5) is 13.5. The van der Waals surface area contributed by atoms with Crippen molar-refractivity contribution in [3.05, 3.63) is 47.7 Å². The smallest absolute Gasteiger partial charge is 0.233 e. The van der Waals surface area contributed by atoms with Gasteiger partial charge >= 0.3 is 0 Å². The number of hydrogen-bond acceptors (Lipinski definition) is 5. The van der Waals surface area contributed by atoms with Crippen LogP contribution in [0.15, 0.2) is 36.4 Å². The number of amides is 1. The molecule has 1 unspecified atom stereocenters. The van der Waals surface area contributed by atoms with Gasteiger partial charge in [0.25, 0.3) is 0 Å². The maximum absolute atomic E-state index is 11.0. The SMILES string of the molecule is CC(=O)Nc1ccc(C#Cc2ccc(OC3CN4CCC3CC4)nn2)cc1. The molecule has 1 N–H and O–H groups in total. The molecule has 1 aromatic carbocycles. The molecule has 3 fully saturated rings. The Bertz CT molecular complexity index is 860. The fraction of sp³-hybridized carbons (Fsp3) is 0.381. The summed E-state index contributed by atoms with van der Waals surface area (Å²) >= 11 is 0. The quantitative estimate of drug-likeness (QED) is 0.849. The number of rotatable bonds is 3. The van der Waals surface area contributed by atoms with Gasteiger partial charge < -0.3 is 10.1 Å². The van der Waals surface area contributed by atoms with Crippen molar-refractivity contribution in [1.82, 2.24) is 15.1 Å². The van der Waals surface area contributed by atoms with Crippen LogP contribution in [0.3, 0.4) is 0 Å². The first kappa shape index (κ1) is 17.5. The lowest BCUT2D eigenvalue weighted by molar-refractivity contribution is -0.114. The first-order valence-corrected chi connectivity index (χ1v) is 9.28. The van der Waals surface area contributed by atoms with Gasteiger partial charge in [-0.25, -0.2) is 0 Å². The van der Waals surface area contributed by atoms with Crippen molar-refractivity contribution in [3.8, 4) is 17.7 Å². The highest BCUT2D eigenvalue weighted by Gasteiger charge is 2.35. The van der Waals surface area contributed by atoms with Gasteiger partial charge in [-0.3, -0.25) is 9.69 Å². The minimum absolute atomic E-state index is 0.0929. The van der Waals surface area contributed by atoms with Crippen LogP contribution in [0.4, 0.5) is 5.69 Å². The number of carbonyl (C=O) groups is 1. The summed E-state index contributed by atoms with van der Waals surface area (Å²) in [6, 6.07) is 11.0. The van der Waals surface area contributed by atoms with Gasteiger partial charge in [-0.1, -0.05) is 5.92 Å². The Morgan fingerprint density at radius 2 is 1.89 bits per heavy atom. The van der Waals surface area contributed by atoms with Crippen molar-refractivity contribution >= 4 is 11.6 Å². The number of hydrogen-bond donors (Lipinski definition) is 1. The van der Waals surface area contributed by atoms with Crippen LogP contribution in [0.2, 0.25) is 0 Å². The van der Waals surface area contributed by atoms with Gasteiger partial charge in [0.2, 0.25) is 11.8 Å². The molecule has 0 saturated carbocycles. The standard InChI is InChI=1S/C21H22N4O2/c1-15(26)22-18-5-2-16(3-6-18)4-7-19-8-9-21(24-23-19)27-20-14-25-12-10-17(20)11-13-25/h2-3,5-6,8-9,17,20H,10-14H2,1H3,(H,22,26). The summed E-state index contributed by atoms with van der Waals surface area (Å²) < 4.78 is 6.05.